The zero-order chi connectivity index (χ0) is 100. The maximum absolute atomic E-state index is 15.1. The number of halogens is 2. The van der Waals surface area contributed by atoms with E-state index in [9.17, 15) is 44.0 Å². The monoisotopic (exact) mass is 1940 g/mol. The first-order valence-corrected chi connectivity index (χ1v) is 48.7. The van der Waals surface area contributed by atoms with Crippen molar-refractivity contribution in [2.24, 2.45) is 52.4 Å². The van der Waals surface area contributed by atoms with E-state index >= 15 is 9.59 Å². The fourth-order valence-corrected chi connectivity index (χ4v) is 22.8. The topological polar surface area (TPSA) is 390 Å². The van der Waals surface area contributed by atoms with E-state index in [-0.39, 0.29) is 86.0 Å². The number of methoxy groups -OCH3 is 4. The van der Waals surface area contributed by atoms with Crippen molar-refractivity contribution in [3.05, 3.63) is 77.2 Å². The van der Waals surface area contributed by atoms with Crippen LogP contribution in [0.4, 0.5) is 14.0 Å². The lowest BCUT2D eigenvalue weighted by atomic mass is 9.73. The highest BCUT2D eigenvalue weighted by Crippen LogP contribution is 2.50. The smallest absolute Gasteiger partial charge is 0.431 e. The van der Waals surface area contributed by atoms with Crippen molar-refractivity contribution in [2.75, 3.05) is 69.8 Å². The normalized spacial score (nSPS) is 41.6. The first-order valence-electron chi connectivity index (χ1n) is 48.3. The summed E-state index contributed by atoms with van der Waals surface area (Å²) in [7, 11) is 13.6. The van der Waals surface area contributed by atoms with E-state index in [2.05, 4.69) is 15.5 Å². The molecule has 9 aliphatic rings. The number of esters is 2. The number of likely N-dealkylation sites (N-methyl/N-ethyl adjacent to an activating group) is 2. The average Bonchev–Trinajstić information content (AvgIpc) is 1.60. The van der Waals surface area contributed by atoms with E-state index in [1.165, 1.54) is 50.8 Å². The number of carbonyl (C=O) groups is 6. The Morgan fingerprint density at radius 3 is 1.50 bits per heavy atom. The van der Waals surface area contributed by atoms with Gasteiger partial charge in [-0.25, -0.2) is 24.4 Å². The Bertz CT molecular complexity index is 4670. The van der Waals surface area contributed by atoms with Crippen LogP contribution in [0, 0.1) is 53.2 Å². The van der Waals surface area contributed by atoms with Gasteiger partial charge in [-0.05, 0) is 199 Å². The number of hydrogen-bond acceptors (Lipinski definition) is 32. The molecule has 36 atom stereocenters. The van der Waals surface area contributed by atoms with Crippen molar-refractivity contribution in [2.45, 2.75) is 371 Å². The standard InChI is InChI=1S/C51H80N4O13.C49H73ClFN3O14/c1-15-38-51(10)43(55(48(60)68-51)53-23-18-19-34-22-24-52-36-21-17-16-20-35(34)36)30(4)40(56)28(2)26-50(9,62-14)45(67-47-41(57)37(54(11)12)25-29(3)63-47)31(5)42(32(6)46(59)65-38)66-39-27-49(8,61-13)44(58)33(7)64-39;1-15-35-49(10)41(54(46(59)68-49)52-22-30-23-62-34-17-16-31(51)19-32(34)37(30)50)26(4)38(55)24(2)20-48(9,61-14)43(67-45-39(56)33(53(11)12)18-25(3)63-45)27(5)40(28(6)44(58)65-35)66-36-21-47(8,60-13)42(57)29(7)64-36/h16-17,20-22,24,28-33,37-39,41-45,47,53,57-58H,15,18-19,23,25-27H2,1-14H3;16-17,19,22,24-29,33,35-36,39-43,45,56-57H,15,18,20-21,23H2,1-14H3/b;52-22+/t28-,29?,30+,31+,32-,33?,37?,38-,39?,41?,42+,43-,44?,45-,47?,49?,50-,51-;24-,25?,26+,27+,28-,29?,33?,35-,36?,39?,40+,41-,42?,43-,45?,47?,48-,49-/m11/s1. The van der Waals surface area contributed by atoms with Gasteiger partial charge in [0.25, 0.3) is 0 Å². The fraction of sp³-hybridized carbons (Fsp3) is 0.760. The first kappa shape index (κ1) is 110. The maximum Gasteiger partial charge on any atom is 0.431 e. The predicted molar refractivity (Wildman–Crippen MR) is 501 cm³/mol. The molecule has 16 unspecified atom stereocenters. The number of benzene rings is 2. The molecule has 0 aliphatic carbocycles. The predicted octanol–water partition coefficient (Wildman–Crippen LogP) is 11.7. The van der Waals surface area contributed by atoms with Crippen LogP contribution in [0.2, 0.25) is 0 Å². The van der Waals surface area contributed by atoms with Crippen LogP contribution in [-0.2, 0) is 101 Å². The van der Waals surface area contributed by atoms with Gasteiger partial charge in [-0.15, -0.1) is 0 Å². The van der Waals surface area contributed by atoms with Gasteiger partial charge in [0.15, 0.2) is 36.4 Å². The summed E-state index contributed by atoms with van der Waals surface area (Å²) in [5.74, 6) is -8.78. The number of hydrogen-bond donors (Lipinski definition) is 5. The number of amides is 2. The summed E-state index contributed by atoms with van der Waals surface area (Å²) in [6.45, 7) is 36.0. The SMILES string of the molecule is CC[C@H]1OC(=O)[C@H](C)[C@@H](OC2CC(C)(OC)C(O)C(C)O2)[C@H](C)[C@@H](OC2OC(C)CC(N(C)C)C2O)[C@](C)(OC)C[C@@H](C)C(=O)[C@H](C)[C@H]2N(/N=C/C3=C(Cl)c4cc(F)ccc4OC3)C(=O)O[C@]12C.CC[C@H]1OC(=O)[C@H](C)[C@@H](OC2CC(C)(OC)C(O)C(C)O2)[C@H](C)[C@@H](OC2OC(C)CC(N(C)C)C2O)[C@](C)(OC)C[C@@H](C)C(=O)[C@H](C)[C@H]2N(NCCCc3ccnc4ccccc34)C(=O)O[C@]12C. The summed E-state index contributed by atoms with van der Waals surface area (Å²) in [6.07, 6.45) is -11.8. The number of nitrogens with one attached hydrogen (secondary N) is 1. The Labute approximate surface area is 806 Å². The summed E-state index contributed by atoms with van der Waals surface area (Å²) < 4.78 is 123. The van der Waals surface area contributed by atoms with E-state index in [0.29, 0.717) is 49.1 Å². The molecule has 12 rings (SSSR count). The van der Waals surface area contributed by atoms with Crippen molar-refractivity contribution < 1.29 is 134 Å². The molecule has 10 heterocycles. The number of aliphatic hydroxyl groups excluding tert-OH is 4. The number of aromatic nitrogens is 1. The highest BCUT2D eigenvalue weighted by atomic mass is 35.5. The molecular weight excluding hydrogens is 1790 g/mol. The van der Waals surface area contributed by atoms with Gasteiger partial charge >= 0.3 is 24.1 Å². The molecule has 0 saturated carbocycles. The minimum Gasteiger partial charge on any atom is -0.488 e. The van der Waals surface area contributed by atoms with Crippen molar-refractivity contribution in [1.82, 2.24) is 30.2 Å². The number of nitrogens with zero attached hydrogens (tertiary/aromatic N) is 6. The van der Waals surface area contributed by atoms with E-state index in [0.717, 1.165) is 21.5 Å². The number of ether oxygens (including phenoxy) is 17. The molecule has 5 N–H and O–H groups in total. The number of aryl methyl sites for hydroxylation is 1. The Morgan fingerprint density at radius 1 is 0.581 bits per heavy atom. The van der Waals surface area contributed by atoms with Crippen LogP contribution in [0.5, 0.6) is 5.75 Å². The molecule has 136 heavy (non-hydrogen) atoms. The van der Waals surface area contributed by atoms with Gasteiger partial charge in [0.1, 0.15) is 78.4 Å². The fourth-order valence-electron chi connectivity index (χ4n) is 22.6. The van der Waals surface area contributed by atoms with Gasteiger partial charge in [0.2, 0.25) is 0 Å². The Morgan fingerprint density at radius 2 is 1.04 bits per heavy atom. The second-order valence-corrected chi connectivity index (χ2v) is 41.5. The first-order chi connectivity index (χ1) is 63.9. The lowest BCUT2D eigenvalue weighted by molar-refractivity contribution is -0.319. The quantitative estimate of drug-likeness (QED) is 0.0255. The zero-order valence-electron chi connectivity index (χ0n) is 84.7. The van der Waals surface area contributed by atoms with Crippen molar-refractivity contribution in [3.63, 3.8) is 0 Å². The summed E-state index contributed by atoms with van der Waals surface area (Å²) in [6, 6.07) is 11.3. The number of Topliss-reactive ketones (excluding diaryl/α,β-unsaturated/α-hetero) is 2. The number of para-hydroxylation sites is 1. The van der Waals surface area contributed by atoms with Gasteiger partial charge < -0.3 is 111 Å². The molecule has 8 fully saturated rings. The number of pyridine rings is 1. The molecule has 9 aliphatic heterocycles. The molecule has 3 aromatic rings. The molecule has 0 radical (unpaired) electrons. The lowest BCUT2D eigenvalue weighted by Crippen LogP contribution is -2.62. The number of hydrazine groups is 1. The number of fused-ring (bicyclic) bond motifs is 4. The molecule has 0 bridgehead atoms. The molecule has 8 saturated heterocycles. The van der Waals surface area contributed by atoms with E-state index in [1.807, 2.05) is 117 Å². The summed E-state index contributed by atoms with van der Waals surface area (Å²) in [4.78, 5) is 96.7. The van der Waals surface area contributed by atoms with Crippen LogP contribution in [0.1, 0.15) is 207 Å². The number of cyclic esters (lactones) is 2. The maximum atomic E-state index is 15.1. The summed E-state index contributed by atoms with van der Waals surface area (Å²) in [5.41, 5.74) is -1.86. The molecule has 34 nitrogen and oxygen atoms in total. The van der Waals surface area contributed by atoms with Crippen LogP contribution < -0.4 is 10.2 Å². The van der Waals surface area contributed by atoms with Crippen molar-refractivity contribution in [1.29, 1.82) is 0 Å². The second-order valence-electron chi connectivity index (χ2n) is 41.1. The van der Waals surface area contributed by atoms with Crippen LogP contribution in [-0.4, -0.2) is 325 Å². The number of rotatable bonds is 23. The van der Waals surface area contributed by atoms with E-state index in [1.54, 1.807) is 103 Å². The number of aliphatic hydroxyl groups is 4. The molecule has 0 spiro atoms. The molecule has 2 aromatic carbocycles. The Kier molecular flexibility index (Phi) is 36.2. The van der Waals surface area contributed by atoms with Crippen LogP contribution >= 0.6 is 11.6 Å². The van der Waals surface area contributed by atoms with Gasteiger partial charge in [0, 0.05) is 118 Å². The highest BCUT2D eigenvalue weighted by molar-refractivity contribution is 6.51. The third kappa shape index (κ3) is 22.8. The zero-order valence-corrected chi connectivity index (χ0v) is 85.5. The number of ketones is 2. The Hall–Kier alpha value is -6.66. The number of carbonyl (C=O) groups excluding carboxylic acids is 6. The Balaban J connectivity index is 0.000000261. The minimum absolute atomic E-state index is 0.0430. The molecule has 1 aromatic heterocycles. The van der Waals surface area contributed by atoms with Crippen LogP contribution in [0.25, 0.3) is 15.9 Å². The molecule has 2 amide bonds. The average molecular weight is 1940 g/mol. The molecular formula is C100H153ClFN7O27. The molecule has 764 valence electrons. The van der Waals surface area contributed by atoms with Crippen molar-refractivity contribution in [3.8, 4) is 5.75 Å². The minimum atomic E-state index is -1.64. The molecule has 36 heteroatoms. The van der Waals surface area contributed by atoms with Crippen LogP contribution in [0.3, 0.4) is 0 Å². The number of hydrazone groups is 1. The van der Waals surface area contributed by atoms with Crippen LogP contribution in [0.15, 0.2) is 65.4 Å². The third-order valence-electron chi connectivity index (χ3n) is 30.9. The van der Waals surface area contributed by atoms with Crippen molar-refractivity contribution >= 4 is 69.4 Å². The van der Waals surface area contributed by atoms with Gasteiger partial charge in [-0.1, -0.05) is 85.2 Å². The highest BCUT2D eigenvalue weighted by Gasteiger charge is 2.65. The van der Waals surface area contributed by atoms with E-state index < -0.39 is 221 Å². The summed E-state index contributed by atoms with van der Waals surface area (Å²) in [5, 5.41) is 54.2. The van der Waals surface area contributed by atoms with Gasteiger partial charge in [0.05, 0.1) is 99.8 Å². The largest absolute Gasteiger partial charge is 0.488 e. The lowest BCUT2D eigenvalue weighted by Gasteiger charge is -2.50. The second kappa shape index (κ2) is 44.9. The summed E-state index contributed by atoms with van der Waals surface area (Å²) >= 11 is 6.75. The third-order valence-corrected chi connectivity index (χ3v) is 31.3. The van der Waals surface area contributed by atoms with E-state index in [4.69, 9.17) is 92.1 Å². The van der Waals surface area contributed by atoms with Gasteiger partial charge in [-0.3, -0.25) is 24.2 Å². The van der Waals surface area contributed by atoms with Gasteiger partial charge in [-0.2, -0.15) is 10.1 Å².